The number of carbonyl (C=O) groups is 4. The van der Waals surface area contributed by atoms with E-state index in [1.165, 1.54) is 10.1 Å². The van der Waals surface area contributed by atoms with E-state index in [0.717, 1.165) is 107 Å². The Kier molecular flexibility index (Phi) is 26.7. The lowest BCUT2D eigenvalue weighted by Crippen LogP contribution is -2.60. The van der Waals surface area contributed by atoms with Crippen LogP contribution in [0.2, 0.25) is 0 Å². The van der Waals surface area contributed by atoms with Crippen molar-refractivity contribution in [2.75, 3.05) is 13.2 Å². The van der Waals surface area contributed by atoms with Gasteiger partial charge in [0.1, 0.15) is 30.2 Å². The van der Waals surface area contributed by atoms with E-state index in [1.54, 1.807) is 0 Å². The molecule has 1 aromatic rings. The largest absolute Gasteiger partial charge is 0.507 e. The molecule has 17 nitrogen and oxygen atoms in total. The molecule has 5 heterocycles. The van der Waals surface area contributed by atoms with Crippen molar-refractivity contribution in [2.45, 2.75) is 374 Å². The van der Waals surface area contributed by atoms with Gasteiger partial charge in [-0.15, -0.1) is 0 Å². The lowest BCUT2D eigenvalue weighted by atomic mass is 9.78. The summed E-state index contributed by atoms with van der Waals surface area (Å²) in [6.45, 7) is 49.1. The van der Waals surface area contributed by atoms with Crippen molar-refractivity contribution in [1.29, 1.82) is 0 Å². The minimum Gasteiger partial charge on any atom is -0.507 e. The Hall–Kier alpha value is -3.42. The van der Waals surface area contributed by atoms with Crippen LogP contribution in [0.25, 0.3) is 0 Å². The van der Waals surface area contributed by atoms with Gasteiger partial charge in [-0.3, -0.25) is 19.2 Å². The number of carbonyl (C=O) groups excluding carboxylic acids is 4. The lowest BCUT2D eigenvalue weighted by Gasteiger charge is -2.51. The van der Waals surface area contributed by atoms with Gasteiger partial charge in [0.2, 0.25) is 0 Å². The Morgan fingerprint density at radius 2 is 0.750 bits per heavy atom. The van der Waals surface area contributed by atoms with E-state index >= 15 is 0 Å². The molecule has 508 valence electrons. The molecule has 0 amide bonds. The zero-order valence-electron chi connectivity index (χ0n) is 59.5. The molecule has 5 aliphatic heterocycles. The molecule has 0 spiro atoms. The first-order valence-corrected chi connectivity index (χ1v) is 33.5. The van der Waals surface area contributed by atoms with Gasteiger partial charge in [0.25, 0.3) is 0 Å². The second kappa shape index (κ2) is 30.6. The molecule has 5 N–H and O–H groups in total. The Balaban J connectivity index is 0.000000286. The van der Waals surface area contributed by atoms with Crippen LogP contribution in [-0.2, 0) is 58.4 Å². The summed E-state index contributed by atoms with van der Waals surface area (Å²) in [7, 11) is 0. The maximum Gasteiger partial charge on any atom is 0.306 e. The molecule has 1 aromatic carbocycles. The normalized spacial score (nSPS) is 24.6. The number of piperidine rings is 4. The molecule has 5 fully saturated rings. The lowest BCUT2D eigenvalue weighted by molar-refractivity contribution is -0.260. The zero-order valence-corrected chi connectivity index (χ0v) is 59.5. The highest BCUT2D eigenvalue weighted by Crippen LogP contribution is 2.44. The minimum absolute atomic E-state index is 0.000484. The molecule has 17 heteroatoms. The summed E-state index contributed by atoms with van der Waals surface area (Å²) < 4.78 is 34.8. The number of ether oxygens (including phenoxy) is 6. The molecule has 88 heavy (non-hydrogen) atoms. The number of hydrogen-bond donors (Lipinski definition) is 5. The van der Waals surface area contributed by atoms with E-state index in [1.807, 2.05) is 55.4 Å². The van der Waals surface area contributed by atoms with Crippen molar-refractivity contribution in [3.63, 3.8) is 0 Å². The van der Waals surface area contributed by atoms with Crippen LogP contribution in [0.5, 0.6) is 5.75 Å². The topological polar surface area (TPSA) is 215 Å². The first kappa shape index (κ1) is 77.0. The van der Waals surface area contributed by atoms with E-state index in [0.29, 0.717) is 50.2 Å². The number of unbranched alkanes of at least 4 members (excludes halogenated alkanes) is 5. The number of nitrogens with one attached hydrogen (secondary N) is 2. The monoisotopic (exact) mass is 1240 g/mol. The number of esters is 4. The van der Waals surface area contributed by atoms with Gasteiger partial charge in [0.05, 0.1) is 26.1 Å². The van der Waals surface area contributed by atoms with E-state index in [-0.39, 0.29) is 88.5 Å². The van der Waals surface area contributed by atoms with Crippen LogP contribution in [0.3, 0.4) is 0 Å². The van der Waals surface area contributed by atoms with E-state index in [4.69, 9.17) is 28.4 Å². The number of hydroxylamine groups is 4. The first-order chi connectivity index (χ1) is 40.1. The average molecular weight is 1240 g/mol. The number of phenols is 1. The molecule has 0 unspecified atom stereocenters. The molecule has 0 aliphatic carbocycles. The van der Waals surface area contributed by atoms with Gasteiger partial charge in [0.15, 0.2) is 6.29 Å². The Morgan fingerprint density at radius 3 is 1.03 bits per heavy atom. The van der Waals surface area contributed by atoms with Crippen LogP contribution in [0.15, 0.2) is 12.1 Å². The highest BCUT2D eigenvalue weighted by molar-refractivity contribution is 5.78. The SMILES string of the molecule is CC1(C)CC(OC(=O)CCC(=O)OC2CC(C)(C)N(O)C(C)(C)C2)CC(C)(C)N1O.CC1(C)CC(OC(=O)CCCCCCCCC(=O)OC2CC(C)(C)NC(C)(C)C2)CC(C)(C)N1.CCCC1COC(c2cc(C(C)(C)C)c(O)c(C(C)(C)C)c2)OC1. The third-order valence-electron chi connectivity index (χ3n) is 17.9. The zero-order chi connectivity index (χ0) is 66.9. The molecule has 5 saturated heterocycles. The van der Waals surface area contributed by atoms with Crippen molar-refractivity contribution in [2.24, 2.45) is 5.92 Å². The van der Waals surface area contributed by atoms with E-state index < -0.39 is 34.1 Å². The molecule has 0 aromatic heterocycles. The standard InChI is InChI=1S/C28H52N2O4.C22H40N2O6.C21H34O3/c1-25(2)17-21(18-26(3,4)29-25)33-23(31)15-13-11-9-10-12-14-16-24(32)34-22-19-27(5,6)30-28(7,8)20-22;1-19(2)11-15(12-20(3,4)23(19)27)29-17(25)9-10-18(26)30-16-13-21(5,6)24(28)22(7,8)14-16;1-8-9-14-12-23-19(24-13-14)15-10-16(20(2,3)4)18(22)17(11-15)21(5,6)7/h21-22,29-30H,9-20H2,1-8H3;15-16,27-28H,9-14H2,1-8H3;10-11,14,19,22H,8-9,12-13H2,1-7H3. The van der Waals surface area contributed by atoms with Gasteiger partial charge in [-0.1, -0.05) is 80.6 Å². The molecule has 0 radical (unpaired) electrons. The summed E-state index contributed by atoms with van der Waals surface area (Å²) >= 11 is 0. The van der Waals surface area contributed by atoms with Gasteiger partial charge < -0.3 is 54.6 Å². The van der Waals surface area contributed by atoms with Crippen LogP contribution >= 0.6 is 0 Å². The number of hydrogen-bond acceptors (Lipinski definition) is 17. The fourth-order valence-corrected chi connectivity index (χ4v) is 14.8. The van der Waals surface area contributed by atoms with E-state index in [9.17, 15) is 34.7 Å². The van der Waals surface area contributed by atoms with Crippen LogP contribution < -0.4 is 10.6 Å². The number of benzene rings is 1. The van der Waals surface area contributed by atoms with Crippen LogP contribution in [-0.4, -0.2) is 131 Å². The average Bonchev–Trinajstić information content (AvgIpc) is 0.833. The maximum atomic E-state index is 12.3. The van der Waals surface area contributed by atoms with E-state index in [2.05, 4.69) is 127 Å². The molecular formula is C71H126N4O13. The summed E-state index contributed by atoms with van der Waals surface area (Å²) in [4.78, 5) is 49.2. The fourth-order valence-electron chi connectivity index (χ4n) is 14.8. The van der Waals surface area contributed by atoms with Crippen molar-refractivity contribution in [3.05, 3.63) is 28.8 Å². The Morgan fingerprint density at radius 1 is 0.477 bits per heavy atom. The number of nitrogens with zero attached hydrogens (tertiary/aromatic N) is 2. The predicted molar refractivity (Wildman–Crippen MR) is 347 cm³/mol. The third-order valence-corrected chi connectivity index (χ3v) is 17.9. The van der Waals surface area contributed by atoms with Gasteiger partial charge in [-0.25, -0.2) is 0 Å². The fraction of sp³-hybridized carbons (Fsp3) is 0.859. The first-order valence-electron chi connectivity index (χ1n) is 33.5. The molecule has 5 aliphatic rings. The summed E-state index contributed by atoms with van der Waals surface area (Å²) in [5.74, 6) is -0.0939. The second-order valence-corrected chi connectivity index (χ2v) is 34.0. The number of aromatic hydroxyl groups is 1. The Labute approximate surface area is 532 Å². The minimum atomic E-state index is -0.507. The van der Waals surface area contributed by atoms with Crippen molar-refractivity contribution in [1.82, 2.24) is 20.8 Å². The summed E-state index contributed by atoms with van der Waals surface area (Å²) in [6.07, 6.45) is 13.8. The Bertz CT molecular complexity index is 2210. The molecule has 0 saturated carbocycles. The molecule has 6 rings (SSSR count). The third kappa shape index (κ3) is 24.6. The highest BCUT2D eigenvalue weighted by atomic mass is 16.7. The molecule has 0 bridgehead atoms. The highest BCUT2D eigenvalue weighted by Gasteiger charge is 2.48. The van der Waals surface area contributed by atoms with Crippen LogP contribution in [0, 0.1) is 5.92 Å². The maximum absolute atomic E-state index is 12.3. The van der Waals surface area contributed by atoms with Crippen LogP contribution in [0.4, 0.5) is 0 Å². The quantitative estimate of drug-likeness (QED) is 0.0495. The van der Waals surface area contributed by atoms with Crippen molar-refractivity contribution < 1.29 is 63.1 Å². The smallest absolute Gasteiger partial charge is 0.306 e. The second-order valence-electron chi connectivity index (χ2n) is 34.0. The number of phenolic OH excluding ortho intramolecular Hbond substituents is 1. The van der Waals surface area contributed by atoms with Gasteiger partial charge in [0, 0.05) is 120 Å². The predicted octanol–water partition coefficient (Wildman–Crippen LogP) is 14.9. The van der Waals surface area contributed by atoms with Crippen LogP contribution in [0.1, 0.15) is 311 Å². The molecule has 0 atom stereocenters. The molecular weight excluding hydrogens is 1120 g/mol. The number of rotatable bonds is 19. The van der Waals surface area contributed by atoms with Gasteiger partial charge in [-0.2, -0.15) is 10.1 Å². The van der Waals surface area contributed by atoms with Crippen molar-refractivity contribution >= 4 is 23.9 Å². The summed E-state index contributed by atoms with van der Waals surface area (Å²) in [5, 5.41) is 41.4. The van der Waals surface area contributed by atoms with Gasteiger partial charge in [-0.05, 0) is 164 Å². The van der Waals surface area contributed by atoms with Crippen molar-refractivity contribution in [3.8, 4) is 5.75 Å². The summed E-state index contributed by atoms with van der Waals surface area (Å²) in [6, 6.07) is 4.10. The van der Waals surface area contributed by atoms with Gasteiger partial charge >= 0.3 is 23.9 Å². The summed E-state index contributed by atoms with van der Waals surface area (Å²) in [5.41, 5.74) is 0.552.